The van der Waals surface area contributed by atoms with Crippen LogP contribution in [0.25, 0.3) is 0 Å². The summed E-state index contributed by atoms with van der Waals surface area (Å²) >= 11 is -0.116. The van der Waals surface area contributed by atoms with E-state index in [1.54, 1.807) is 6.07 Å². The van der Waals surface area contributed by atoms with E-state index >= 15 is 0 Å². The van der Waals surface area contributed by atoms with Crippen LogP contribution in [0.15, 0.2) is 32.5 Å². The third-order valence-electron chi connectivity index (χ3n) is 2.16. The summed E-state index contributed by atoms with van der Waals surface area (Å²) in [6, 6.07) is 5.49. The van der Waals surface area contributed by atoms with Crippen molar-refractivity contribution >= 4 is 37.5 Å². The van der Waals surface area contributed by atoms with Crippen molar-refractivity contribution in [1.82, 2.24) is 15.2 Å². The third-order valence-corrected chi connectivity index (χ3v) is 3.30. The van der Waals surface area contributed by atoms with Gasteiger partial charge in [0.1, 0.15) is 0 Å². The molecule has 0 spiro atoms. The molecule has 2 aromatic rings. The van der Waals surface area contributed by atoms with Crippen molar-refractivity contribution in [2.45, 2.75) is 0 Å². The molecule has 0 saturated heterocycles. The number of hydrogen-bond donors (Lipinski definition) is 2. The van der Waals surface area contributed by atoms with Crippen molar-refractivity contribution in [3.05, 3.63) is 30.4 Å². The van der Waals surface area contributed by atoms with Crippen LogP contribution in [0, 0.1) is 0 Å². The van der Waals surface area contributed by atoms with E-state index in [1.165, 1.54) is 6.33 Å². The van der Waals surface area contributed by atoms with Crippen LogP contribution in [0.1, 0.15) is 10.6 Å². The number of benzene rings is 1. The molecule has 7 nitrogen and oxygen atoms in total. The Kier molecular flexibility index (Phi) is 2.43. The molecule has 0 unspecified atom stereocenters. The van der Waals surface area contributed by atoms with Gasteiger partial charge in [-0.2, -0.15) is 0 Å². The van der Waals surface area contributed by atoms with Crippen LogP contribution in [-0.4, -0.2) is 35.7 Å². The molecule has 0 aliphatic carbocycles. The first kappa shape index (κ1) is 10.1. The van der Waals surface area contributed by atoms with Gasteiger partial charge in [-0.15, -0.1) is 0 Å². The van der Waals surface area contributed by atoms with Gasteiger partial charge >= 0.3 is 101 Å². The van der Waals surface area contributed by atoms with Crippen molar-refractivity contribution in [3.63, 3.8) is 0 Å². The number of aromatic nitrogens is 3. The minimum atomic E-state index is -0.342. The number of nitrogens with one attached hydrogen (secondary N) is 2. The Hall–Kier alpha value is -2.05. The molecule has 2 N–H and O–H groups in total. The Morgan fingerprint density at radius 1 is 1.35 bits per heavy atom. The standard InChI is InChI=1S/C9H6N6OSe/c16-9(8-10-4-11-13-8)12-5-2-1-3-6-7(5)15-17-14-6/h1-4H,(H,12,16)(H,10,11,13). The van der Waals surface area contributed by atoms with E-state index in [9.17, 15) is 4.79 Å². The fourth-order valence-corrected chi connectivity index (χ4v) is 2.56. The Balaban J connectivity index is 1.90. The third kappa shape index (κ3) is 1.83. The van der Waals surface area contributed by atoms with Gasteiger partial charge in [-0.1, -0.05) is 0 Å². The van der Waals surface area contributed by atoms with E-state index in [1.807, 2.05) is 12.1 Å². The van der Waals surface area contributed by atoms with Crippen LogP contribution in [0.4, 0.5) is 17.1 Å². The summed E-state index contributed by atoms with van der Waals surface area (Å²) in [7, 11) is 0. The zero-order valence-electron chi connectivity index (χ0n) is 8.41. The predicted molar refractivity (Wildman–Crippen MR) is 60.7 cm³/mol. The average molecular weight is 293 g/mol. The Morgan fingerprint density at radius 2 is 2.29 bits per heavy atom. The first-order chi connectivity index (χ1) is 8.34. The van der Waals surface area contributed by atoms with Crippen LogP contribution in [0.5, 0.6) is 0 Å². The summed E-state index contributed by atoms with van der Waals surface area (Å²) in [5.74, 6) is -0.173. The summed E-state index contributed by atoms with van der Waals surface area (Å²) in [5, 5.41) is 8.85. The van der Waals surface area contributed by atoms with Gasteiger partial charge in [0.25, 0.3) is 0 Å². The summed E-state index contributed by atoms with van der Waals surface area (Å²) in [6.07, 6.45) is 1.28. The van der Waals surface area contributed by atoms with Crippen molar-refractivity contribution in [2.24, 2.45) is 7.92 Å². The predicted octanol–water partition coefficient (Wildman–Crippen LogP) is 1.40. The van der Waals surface area contributed by atoms with Gasteiger partial charge in [-0.05, 0) is 0 Å². The molecule has 0 radical (unpaired) electrons. The van der Waals surface area contributed by atoms with E-state index in [-0.39, 0.29) is 26.3 Å². The number of amides is 1. The van der Waals surface area contributed by atoms with Gasteiger partial charge in [0.15, 0.2) is 0 Å². The van der Waals surface area contributed by atoms with E-state index in [4.69, 9.17) is 0 Å². The number of nitrogens with zero attached hydrogens (tertiary/aromatic N) is 4. The summed E-state index contributed by atoms with van der Waals surface area (Å²) in [6.45, 7) is 0. The Labute approximate surface area is 101 Å². The molecule has 1 aromatic carbocycles. The molecule has 84 valence electrons. The van der Waals surface area contributed by atoms with Crippen LogP contribution < -0.4 is 5.32 Å². The number of carbonyl (C=O) groups is 1. The van der Waals surface area contributed by atoms with Crippen molar-refractivity contribution in [3.8, 4) is 0 Å². The molecule has 1 amide bonds. The quantitative estimate of drug-likeness (QED) is 0.699. The fraction of sp³-hybridized carbons (Fsp3) is 0. The number of anilines is 1. The summed E-state index contributed by atoms with van der Waals surface area (Å²) < 4.78 is 8.51. The Morgan fingerprint density at radius 3 is 3.12 bits per heavy atom. The SMILES string of the molecule is O=C(Nc1cccc2c1N=[Se]=N2)c1ncn[nH]1. The van der Waals surface area contributed by atoms with E-state index < -0.39 is 0 Å². The molecular weight excluding hydrogens is 287 g/mol. The van der Waals surface area contributed by atoms with Gasteiger partial charge in [0.05, 0.1) is 0 Å². The molecule has 8 heteroatoms. The maximum absolute atomic E-state index is 11.8. The van der Waals surface area contributed by atoms with Crippen LogP contribution in [0.2, 0.25) is 0 Å². The van der Waals surface area contributed by atoms with E-state index in [0.29, 0.717) is 5.69 Å². The number of hydrogen-bond acceptors (Lipinski definition) is 5. The fourth-order valence-electron chi connectivity index (χ4n) is 1.40. The average Bonchev–Trinajstić information content (AvgIpc) is 3.00. The van der Waals surface area contributed by atoms with Gasteiger partial charge < -0.3 is 0 Å². The molecule has 1 aliphatic rings. The number of fused-ring (bicyclic) bond motifs is 1. The van der Waals surface area contributed by atoms with E-state index in [2.05, 4.69) is 28.4 Å². The van der Waals surface area contributed by atoms with Gasteiger partial charge in [-0.25, -0.2) is 0 Å². The second-order valence-corrected chi connectivity index (χ2v) is 4.33. The molecule has 0 atom stereocenters. The molecule has 17 heavy (non-hydrogen) atoms. The van der Waals surface area contributed by atoms with Gasteiger partial charge in [0, 0.05) is 0 Å². The first-order valence-corrected chi connectivity index (χ1v) is 6.26. The molecule has 2 heterocycles. The number of aromatic amines is 1. The van der Waals surface area contributed by atoms with Crippen LogP contribution in [0.3, 0.4) is 0 Å². The molecule has 1 aromatic heterocycles. The second kappa shape index (κ2) is 4.08. The summed E-state index contributed by atoms with van der Waals surface area (Å²) in [5.41, 5.74) is 2.20. The number of carbonyl (C=O) groups excluding carboxylic acids is 1. The molecule has 0 fully saturated rings. The topological polar surface area (TPSA) is 95.4 Å². The van der Waals surface area contributed by atoms with Crippen molar-refractivity contribution in [2.75, 3.05) is 5.32 Å². The van der Waals surface area contributed by atoms with E-state index in [0.717, 1.165) is 11.4 Å². The molecular formula is C9H6N6OSe. The minimum absolute atomic E-state index is 0.116. The van der Waals surface area contributed by atoms with Crippen molar-refractivity contribution < 1.29 is 4.79 Å². The first-order valence-electron chi connectivity index (χ1n) is 4.72. The normalized spacial score (nSPS) is 12.0. The van der Waals surface area contributed by atoms with Crippen LogP contribution >= 0.6 is 0 Å². The molecule has 1 aliphatic heterocycles. The number of H-pyrrole nitrogens is 1. The Bertz CT molecular complexity index is 644. The zero-order valence-corrected chi connectivity index (χ0v) is 10.1. The molecule has 0 bridgehead atoms. The van der Waals surface area contributed by atoms with Gasteiger partial charge in [0.2, 0.25) is 0 Å². The maximum atomic E-state index is 11.8. The molecule has 0 saturated carbocycles. The second-order valence-electron chi connectivity index (χ2n) is 3.23. The number of rotatable bonds is 2. The van der Waals surface area contributed by atoms with Crippen LogP contribution in [-0.2, 0) is 0 Å². The zero-order chi connectivity index (χ0) is 11.7. The monoisotopic (exact) mass is 294 g/mol. The summed E-state index contributed by atoms with van der Waals surface area (Å²) in [4.78, 5) is 15.5. The molecule has 3 rings (SSSR count). The van der Waals surface area contributed by atoms with Crippen molar-refractivity contribution in [1.29, 1.82) is 0 Å². The van der Waals surface area contributed by atoms with Gasteiger partial charge in [-0.3, -0.25) is 0 Å².